The summed E-state index contributed by atoms with van der Waals surface area (Å²) in [6.45, 7) is 0.576. The molecule has 128 valence electrons. The molecule has 0 spiro atoms. The summed E-state index contributed by atoms with van der Waals surface area (Å²) in [7, 11) is 3.01. The number of nitrogens with one attached hydrogen (secondary N) is 1. The number of benzene rings is 2. The van der Waals surface area contributed by atoms with Gasteiger partial charge in [-0.2, -0.15) is 0 Å². The summed E-state index contributed by atoms with van der Waals surface area (Å²) in [4.78, 5) is 16.6. The van der Waals surface area contributed by atoms with Gasteiger partial charge in [0.1, 0.15) is 6.33 Å². The molecule has 0 unspecified atom stereocenters. The van der Waals surface area contributed by atoms with Crippen molar-refractivity contribution in [2.24, 2.45) is 0 Å². The van der Waals surface area contributed by atoms with Gasteiger partial charge in [-0.15, -0.1) is 5.10 Å². The summed E-state index contributed by atoms with van der Waals surface area (Å²) in [5, 5.41) is 6.94. The number of aromatic nitrogens is 3. The molecule has 7 nitrogen and oxygen atoms in total. The van der Waals surface area contributed by atoms with Gasteiger partial charge in [-0.3, -0.25) is 10.1 Å². The highest BCUT2D eigenvalue weighted by Crippen LogP contribution is 2.30. The molecule has 0 aliphatic rings. The Morgan fingerprint density at radius 1 is 1.08 bits per heavy atom. The maximum absolute atomic E-state index is 12.5. The number of carbonyl (C=O) groups is 1. The Kier molecular flexibility index (Phi) is 4.94. The second-order valence-corrected chi connectivity index (χ2v) is 5.25. The van der Waals surface area contributed by atoms with Crippen LogP contribution in [0.3, 0.4) is 0 Å². The van der Waals surface area contributed by atoms with Gasteiger partial charge in [0.2, 0.25) is 5.95 Å². The smallest absolute Gasteiger partial charge is 0.261 e. The number of anilines is 1. The highest BCUT2D eigenvalue weighted by atomic mass is 16.5. The zero-order valence-corrected chi connectivity index (χ0v) is 14.0. The minimum absolute atomic E-state index is 0.228. The lowest BCUT2D eigenvalue weighted by molar-refractivity contribution is 0.102. The number of para-hydroxylation sites is 1. The first kappa shape index (κ1) is 16.5. The van der Waals surface area contributed by atoms with E-state index in [1.54, 1.807) is 29.2 Å². The van der Waals surface area contributed by atoms with Crippen molar-refractivity contribution in [3.8, 4) is 11.5 Å². The van der Waals surface area contributed by atoms with E-state index in [0.717, 1.165) is 5.56 Å². The first-order valence-corrected chi connectivity index (χ1v) is 7.67. The van der Waals surface area contributed by atoms with Gasteiger partial charge < -0.3 is 9.47 Å². The number of amides is 1. The Balaban J connectivity index is 1.74. The molecule has 25 heavy (non-hydrogen) atoms. The van der Waals surface area contributed by atoms with Gasteiger partial charge in [-0.1, -0.05) is 36.4 Å². The highest BCUT2D eigenvalue weighted by Gasteiger charge is 2.17. The second-order valence-electron chi connectivity index (χ2n) is 5.25. The first-order valence-electron chi connectivity index (χ1n) is 7.67. The molecule has 0 fully saturated rings. The molecular weight excluding hydrogens is 320 g/mol. The predicted octanol–water partition coefficient (Wildman–Crippen LogP) is 2.60. The van der Waals surface area contributed by atoms with Crippen molar-refractivity contribution < 1.29 is 14.3 Å². The molecule has 7 heteroatoms. The number of ether oxygens (including phenoxy) is 2. The maximum Gasteiger partial charge on any atom is 0.261 e. The fourth-order valence-corrected chi connectivity index (χ4v) is 2.43. The van der Waals surface area contributed by atoms with Crippen molar-refractivity contribution in [3.05, 3.63) is 66.0 Å². The van der Waals surface area contributed by atoms with E-state index in [2.05, 4.69) is 15.4 Å². The number of rotatable bonds is 6. The van der Waals surface area contributed by atoms with E-state index in [1.807, 2.05) is 30.3 Å². The van der Waals surface area contributed by atoms with Crippen LogP contribution in [0.1, 0.15) is 15.9 Å². The van der Waals surface area contributed by atoms with Crippen LogP contribution in [0.15, 0.2) is 54.9 Å². The van der Waals surface area contributed by atoms with E-state index in [9.17, 15) is 4.79 Å². The number of carbonyl (C=O) groups excluding carboxylic acids is 1. The predicted molar refractivity (Wildman–Crippen MR) is 93.1 cm³/mol. The third kappa shape index (κ3) is 3.77. The normalized spacial score (nSPS) is 10.3. The fraction of sp³-hybridized carbons (Fsp3) is 0.167. The molecular formula is C18H18N4O3. The molecule has 3 aromatic rings. The average molecular weight is 338 g/mol. The van der Waals surface area contributed by atoms with Crippen LogP contribution in [-0.4, -0.2) is 34.9 Å². The topological polar surface area (TPSA) is 78.3 Å². The van der Waals surface area contributed by atoms with Crippen molar-refractivity contribution in [1.82, 2.24) is 14.8 Å². The van der Waals surface area contributed by atoms with Crippen molar-refractivity contribution in [1.29, 1.82) is 0 Å². The second kappa shape index (κ2) is 7.48. The lowest BCUT2D eigenvalue weighted by Gasteiger charge is -2.11. The Morgan fingerprint density at radius 3 is 2.60 bits per heavy atom. The number of hydrogen-bond acceptors (Lipinski definition) is 5. The van der Waals surface area contributed by atoms with E-state index in [0.29, 0.717) is 23.6 Å². The van der Waals surface area contributed by atoms with Crippen molar-refractivity contribution >= 4 is 11.9 Å². The summed E-state index contributed by atoms with van der Waals surface area (Å²) in [5.74, 6) is 0.711. The molecule has 1 N–H and O–H groups in total. The minimum atomic E-state index is -0.367. The lowest BCUT2D eigenvalue weighted by atomic mass is 10.1. The van der Waals surface area contributed by atoms with Gasteiger partial charge in [0.25, 0.3) is 5.91 Å². The average Bonchev–Trinajstić information content (AvgIpc) is 3.08. The van der Waals surface area contributed by atoms with E-state index in [1.165, 1.54) is 14.2 Å². The Hall–Kier alpha value is -3.35. The zero-order chi connectivity index (χ0) is 17.6. The lowest BCUT2D eigenvalue weighted by Crippen LogP contribution is -2.15. The third-order valence-electron chi connectivity index (χ3n) is 3.60. The van der Waals surface area contributed by atoms with Crippen LogP contribution in [0, 0.1) is 0 Å². The summed E-state index contributed by atoms with van der Waals surface area (Å²) in [5.41, 5.74) is 1.45. The van der Waals surface area contributed by atoms with Crippen LogP contribution >= 0.6 is 0 Å². The summed E-state index contributed by atoms with van der Waals surface area (Å²) in [6.07, 6.45) is 1.57. The summed E-state index contributed by atoms with van der Waals surface area (Å²) in [6, 6.07) is 15.0. The highest BCUT2D eigenvalue weighted by molar-refractivity contribution is 6.05. The summed E-state index contributed by atoms with van der Waals surface area (Å²) < 4.78 is 12.1. The molecule has 0 atom stereocenters. The van der Waals surface area contributed by atoms with Gasteiger partial charge in [-0.25, -0.2) is 9.67 Å². The molecule has 0 saturated carbocycles. The Labute approximate surface area is 145 Å². The largest absolute Gasteiger partial charge is 0.493 e. The maximum atomic E-state index is 12.5. The number of hydrogen-bond donors (Lipinski definition) is 1. The van der Waals surface area contributed by atoms with E-state index < -0.39 is 0 Å². The fourth-order valence-electron chi connectivity index (χ4n) is 2.43. The van der Waals surface area contributed by atoms with Gasteiger partial charge in [-0.05, 0) is 17.7 Å². The monoisotopic (exact) mass is 338 g/mol. The van der Waals surface area contributed by atoms with Crippen LogP contribution in [0.4, 0.5) is 5.95 Å². The molecule has 3 rings (SSSR count). The number of nitrogens with zero attached hydrogens (tertiary/aromatic N) is 3. The molecule has 0 aliphatic heterocycles. The SMILES string of the molecule is COc1cccc(C(=O)Nc2ncn(Cc3ccccc3)n2)c1OC. The standard InChI is InChI=1S/C18H18N4O3/c1-24-15-10-6-9-14(16(15)25-2)17(23)20-18-19-12-22(21-18)11-13-7-4-3-5-8-13/h3-10,12H,11H2,1-2H3,(H,20,21,23). The van der Waals surface area contributed by atoms with Crippen molar-refractivity contribution in [3.63, 3.8) is 0 Å². The first-order chi connectivity index (χ1) is 12.2. The van der Waals surface area contributed by atoms with Gasteiger partial charge in [0.05, 0.1) is 26.3 Å². The molecule has 1 aromatic heterocycles. The van der Waals surface area contributed by atoms with Crippen LogP contribution in [-0.2, 0) is 6.54 Å². The van der Waals surface area contributed by atoms with Crippen molar-refractivity contribution in [2.75, 3.05) is 19.5 Å². The Bertz CT molecular complexity index is 862. The zero-order valence-electron chi connectivity index (χ0n) is 14.0. The van der Waals surface area contributed by atoms with Gasteiger partial charge >= 0.3 is 0 Å². The molecule has 1 amide bonds. The van der Waals surface area contributed by atoms with Crippen molar-refractivity contribution in [2.45, 2.75) is 6.54 Å². The van der Waals surface area contributed by atoms with Crippen LogP contribution in [0.25, 0.3) is 0 Å². The molecule has 0 radical (unpaired) electrons. The number of methoxy groups -OCH3 is 2. The van der Waals surface area contributed by atoms with Gasteiger partial charge in [0, 0.05) is 0 Å². The quantitative estimate of drug-likeness (QED) is 0.747. The molecule has 0 bridgehead atoms. The van der Waals surface area contributed by atoms with E-state index in [-0.39, 0.29) is 11.9 Å². The molecule has 0 aliphatic carbocycles. The van der Waals surface area contributed by atoms with Crippen LogP contribution in [0.2, 0.25) is 0 Å². The Morgan fingerprint density at radius 2 is 1.88 bits per heavy atom. The van der Waals surface area contributed by atoms with Gasteiger partial charge in [0.15, 0.2) is 11.5 Å². The summed E-state index contributed by atoms with van der Waals surface area (Å²) >= 11 is 0. The third-order valence-corrected chi connectivity index (χ3v) is 3.60. The molecule has 2 aromatic carbocycles. The van der Waals surface area contributed by atoms with Crippen LogP contribution < -0.4 is 14.8 Å². The van der Waals surface area contributed by atoms with E-state index in [4.69, 9.17) is 9.47 Å². The molecule has 0 saturated heterocycles. The van der Waals surface area contributed by atoms with E-state index >= 15 is 0 Å². The minimum Gasteiger partial charge on any atom is -0.493 e. The molecule has 1 heterocycles. The van der Waals surface area contributed by atoms with Crippen LogP contribution in [0.5, 0.6) is 11.5 Å².